The van der Waals surface area contributed by atoms with Gasteiger partial charge in [0.2, 0.25) is 0 Å². The minimum absolute atomic E-state index is 0.0262. The molecule has 1 aliphatic carbocycles. The van der Waals surface area contributed by atoms with Crippen LogP contribution in [0.15, 0.2) is 49.1 Å². The lowest BCUT2D eigenvalue weighted by molar-refractivity contribution is 0.0926. The highest BCUT2D eigenvalue weighted by molar-refractivity contribution is 5.98. The summed E-state index contributed by atoms with van der Waals surface area (Å²) in [4.78, 5) is 23.2. The van der Waals surface area contributed by atoms with Gasteiger partial charge in [-0.15, -0.1) is 0 Å². The van der Waals surface area contributed by atoms with Gasteiger partial charge in [-0.3, -0.25) is 9.78 Å². The molecule has 8 nitrogen and oxygen atoms in total. The summed E-state index contributed by atoms with van der Waals surface area (Å²) < 4.78 is 0. The Morgan fingerprint density at radius 1 is 1.18 bits per heavy atom. The fourth-order valence-electron chi connectivity index (χ4n) is 3.71. The van der Waals surface area contributed by atoms with Gasteiger partial charge < -0.3 is 10.6 Å². The van der Waals surface area contributed by atoms with E-state index in [0.29, 0.717) is 11.3 Å². The van der Waals surface area contributed by atoms with Gasteiger partial charge >= 0.3 is 0 Å². The van der Waals surface area contributed by atoms with Crippen LogP contribution in [0.3, 0.4) is 0 Å². The van der Waals surface area contributed by atoms with E-state index in [1.165, 1.54) is 4.80 Å². The first-order chi connectivity index (χ1) is 13.5. The Bertz CT molecular complexity index is 955. The molecule has 2 atom stereocenters. The highest BCUT2D eigenvalue weighted by Crippen LogP contribution is 2.33. The fourth-order valence-corrected chi connectivity index (χ4v) is 3.71. The summed E-state index contributed by atoms with van der Waals surface area (Å²) in [5.41, 5.74) is 1.78. The first-order valence-corrected chi connectivity index (χ1v) is 9.38. The van der Waals surface area contributed by atoms with Crippen LogP contribution in [0.1, 0.15) is 42.2 Å². The molecule has 8 heteroatoms. The van der Waals surface area contributed by atoms with Crippen molar-refractivity contribution < 1.29 is 4.79 Å². The number of nitrogens with one attached hydrogen (secondary N) is 2. The number of para-hydroxylation sites is 1. The molecular formula is C20H23N7O. The normalized spacial score (nSPS) is 21.4. The molecule has 0 bridgehead atoms. The highest BCUT2D eigenvalue weighted by atomic mass is 16.1. The third-order valence-corrected chi connectivity index (χ3v) is 5.24. The molecule has 1 aliphatic rings. The van der Waals surface area contributed by atoms with Gasteiger partial charge in [0.25, 0.3) is 5.91 Å². The van der Waals surface area contributed by atoms with Gasteiger partial charge in [0, 0.05) is 0 Å². The molecule has 3 aromatic rings. The van der Waals surface area contributed by atoms with E-state index in [0.717, 1.165) is 30.8 Å². The Morgan fingerprint density at radius 2 is 1.96 bits per heavy atom. The van der Waals surface area contributed by atoms with E-state index in [9.17, 15) is 4.79 Å². The number of hydrogen-bond acceptors (Lipinski definition) is 6. The number of carbonyl (C=O) groups excluding carboxylic acids is 1. The third-order valence-electron chi connectivity index (χ3n) is 5.24. The zero-order valence-corrected chi connectivity index (χ0v) is 16.0. The van der Waals surface area contributed by atoms with Crippen molar-refractivity contribution in [3.8, 4) is 5.69 Å². The number of carbonyl (C=O) groups is 1. The van der Waals surface area contributed by atoms with Crippen molar-refractivity contribution in [2.75, 3.05) is 5.32 Å². The van der Waals surface area contributed by atoms with E-state index in [2.05, 4.69) is 37.7 Å². The van der Waals surface area contributed by atoms with E-state index >= 15 is 0 Å². The van der Waals surface area contributed by atoms with E-state index in [1.54, 1.807) is 30.9 Å². The summed E-state index contributed by atoms with van der Waals surface area (Å²) >= 11 is 0. The highest BCUT2D eigenvalue weighted by Gasteiger charge is 2.40. The van der Waals surface area contributed by atoms with E-state index < -0.39 is 0 Å². The second-order valence-corrected chi connectivity index (χ2v) is 7.34. The fraction of sp³-hybridized carbons (Fsp3) is 0.350. The third kappa shape index (κ3) is 3.58. The molecule has 4 rings (SSSR count). The molecule has 1 saturated carbocycles. The second-order valence-electron chi connectivity index (χ2n) is 7.34. The van der Waals surface area contributed by atoms with Crippen LogP contribution in [-0.2, 0) is 0 Å². The molecule has 144 valence electrons. The number of hydrogen-bond donors (Lipinski definition) is 2. The molecular weight excluding hydrogens is 354 g/mol. The average Bonchev–Trinajstić information content (AvgIpc) is 3.34. The van der Waals surface area contributed by atoms with Crippen LogP contribution in [0.2, 0.25) is 0 Å². The van der Waals surface area contributed by atoms with Crippen molar-refractivity contribution in [3.05, 3.63) is 60.3 Å². The molecule has 1 fully saturated rings. The van der Waals surface area contributed by atoms with Crippen molar-refractivity contribution >= 4 is 11.7 Å². The van der Waals surface area contributed by atoms with Gasteiger partial charge in [-0.25, -0.2) is 4.98 Å². The van der Waals surface area contributed by atoms with Gasteiger partial charge in [-0.1, -0.05) is 12.1 Å². The Kier molecular flexibility index (Phi) is 4.77. The topological polar surface area (TPSA) is 97.6 Å². The van der Waals surface area contributed by atoms with Crippen LogP contribution < -0.4 is 10.6 Å². The smallest absolute Gasteiger partial charge is 0.253 e. The Balaban J connectivity index is 1.53. The van der Waals surface area contributed by atoms with Gasteiger partial charge in [-0.2, -0.15) is 15.0 Å². The maximum absolute atomic E-state index is 13.1. The number of rotatable bonds is 5. The van der Waals surface area contributed by atoms with Gasteiger partial charge in [0.1, 0.15) is 5.82 Å². The number of nitrogens with zero attached hydrogens (tertiary/aromatic N) is 5. The van der Waals surface area contributed by atoms with E-state index in [-0.39, 0.29) is 17.5 Å². The Labute approximate surface area is 163 Å². The molecule has 0 radical (unpaired) electrons. The zero-order valence-electron chi connectivity index (χ0n) is 16.0. The molecule has 2 heterocycles. The standard InChI is InChI=1S/C20H23N7O/c1-14-12-22-18(13-21-14)26-20(2)9-5-8-17(20)25-19(28)15-6-3-4-7-16(15)27-23-10-11-24-27/h3-4,6-7,10-13,17H,5,8-9H2,1-2H3,(H,22,26)(H,25,28). The number of aryl methyl sites for hydroxylation is 1. The van der Waals surface area contributed by atoms with Crippen LogP contribution >= 0.6 is 0 Å². The summed E-state index contributed by atoms with van der Waals surface area (Å²) in [6, 6.07) is 7.31. The largest absolute Gasteiger partial charge is 0.362 e. The maximum atomic E-state index is 13.1. The van der Waals surface area contributed by atoms with Crippen LogP contribution in [-0.4, -0.2) is 42.4 Å². The summed E-state index contributed by atoms with van der Waals surface area (Å²) in [6.07, 6.45) is 9.52. The molecule has 2 N–H and O–H groups in total. The summed E-state index contributed by atoms with van der Waals surface area (Å²) in [6.45, 7) is 4.02. The number of amides is 1. The predicted molar refractivity (Wildman–Crippen MR) is 105 cm³/mol. The number of benzene rings is 1. The summed E-state index contributed by atoms with van der Waals surface area (Å²) in [5, 5.41) is 15.0. The van der Waals surface area contributed by atoms with E-state index in [4.69, 9.17) is 0 Å². The lowest BCUT2D eigenvalue weighted by Crippen LogP contribution is -2.52. The van der Waals surface area contributed by atoms with Crippen LogP contribution in [0, 0.1) is 6.92 Å². The molecule has 1 amide bonds. The van der Waals surface area contributed by atoms with Crippen molar-refractivity contribution in [2.45, 2.75) is 44.7 Å². The Hall–Kier alpha value is -3.29. The van der Waals surface area contributed by atoms with Crippen molar-refractivity contribution in [1.82, 2.24) is 30.3 Å². The van der Waals surface area contributed by atoms with Gasteiger partial charge in [0.15, 0.2) is 0 Å². The maximum Gasteiger partial charge on any atom is 0.253 e. The summed E-state index contributed by atoms with van der Waals surface area (Å²) in [7, 11) is 0. The quantitative estimate of drug-likeness (QED) is 0.709. The van der Waals surface area contributed by atoms with Crippen molar-refractivity contribution in [3.63, 3.8) is 0 Å². The minimum atomic E-state index is -0.293. The van der Waals surface area contributed by atoms with Crippen molar-refractivity contribution in [2.24, 2.45) is 0 Å². The zero-order chi connectivity index (χ0) is 19.6. The SMILES string of the molecule is Cc1cnc(NC2(C)CCCC2NC(=O)c2ccccc2-n2nccn2)cn1. The minimum Gasteiger partial charge on any atom is -0.362 e. The molecule has 0 aliphatic heterocycles. The molecule has 28 heavy (non-hydrogen) atoms. The molecule has 0 spiro atoms. The summed E-state index contributed by atoms with van der Waals surface area (Å²) in [5.74, 6) is 0.582. The van der Waals surface area contributed by atoms with Crippen LogP contribution in [0.4, 0.5) is 5.82 Å². The van der Waals surface area contributed by atoms with Crippen LogP contribution in [0.5, 0.6) is 0 Å². The molecule has 0 saturated heterocycles. The van der Waals surface area contributed by atoms with Gasteiger partial charge in [-0.05, 0) is 45.2 Å². The number of anilines is 1. The van der Waals surface area contributed by atoms with Crippen molar-refractivity contribution in [1.29, 1.82) is 0 Å². The lowest BCUT2D eigenvalue weighted by atomic mass is 9.95. The second kappa shape index (κ2) is 7.38. The number of aromatic nitrogens is 5. The molecule has 2 unspecified atom stereocenters. The van der Waals surface area contributed by atoms with Crippen LogP contribution in [0.25, 0.3) is 5.69 Å². The molecule has 1 aromatic carbocycles. The Morgan fingerprint density at radius 3 is 2.71 bits per heavy atom. The average molecular weight is 377 g/mol. The lowest BCUT2D eigenvalue weighted by Gasteiger charge is -2.33. The predicted octanol–water partition coefficient (Wildman–Crippen LogP) is 2.52. The molecule has 2 aromatic heterocycles. The first kappa shape index (κ1) is 18.1. The van der Waals surface area contributed by atoms with Gasteiger partial charge in [0.05, 0.1) is 53.3 Å². The van der Waals surface area contributed by atoms with E-state index in [1.807, 2.05) is 25.1 Å². The monoisotopic (exact) mass is 377 g/mol. The first-order valence-electron chi connectivity index (χ1n) is 9.38.